The van der Waals surface area contributed by atoms with Gasteiger partial charge in [-0.1, -0.05) is 28.1 Å². The molecule has 3 heterocycles. The first-order chi connectivity index (χ1) is 15.9. The van der Waals surface area contributed by atoms with Crippen LogP contribution in [-0.2, 0) is 11.3 Å². The van der Waals surface area contributed by atoms with Crippen molar-refractivity contribution in [3.8, 4) is 5.75 Å². The molecule has 1 aliphatic heterocycles. The lowest BCUT2D eigenvalue weighted by molar-refractivity contribution is -0.130. The molecule has 5 rings (SSSR count). The Labute approximate surface area is 196 Å². The van der Waals surface area contributed by atoms with Gasteiger partial charge in [0.15, 0.2) is 11.5 Å². The Hall–Kier alpha value is -3.91. The SMILES string of the molecule is O=C(C1=C(O)C(=O)N(Cc2ccncc2)C1c1ccc(O)cc1)c1cc2cc(Br)ccc2o1. The summed E-state index contributed by atoms with van der Waals surface area (Å²) in [6, 6.07) is 15.8. The Kier molecular flexibility index (Phi) is 5.22. The quantitative estimate of drug-likeness (QED) is 0.367. The van der Waals surface area contributed by atoms with E-state index in [1.807, 2.05) is 6.07 Å². The number of fused-ring (bicyclic) bond motifs is 1. The van der Waals surface area contributed by atoms with Crippen LogP contribution in [0.4, 0.5) is 0 Å². The Bertz CT molecular complexity index is 1410. The predicted octanol–water partition coefficient (Wildman–Crippen LogP) is 5.07. The Morgan fingerprint density at radius 1 is 1.03 bits per heavy atom. The molecule has 164 valence electrons. The Balaban J connectivity index is 1.60. The highest BCUT2D eigenvalue weighted by Gasteiger charge is 2.44. The van der Waals surface area contributed by atoms with Gasteiger partial charge in [-0.2, -0.15) is 0 Å². The third kappa shape index (κ3) is 3.78. The summed E-state index contributed by atoms with van der Waals surface area (Å²) in [6.45, 7) is 0.154. The lowest BCUT2D eigenvalue weighted by atomic mass is 9.94. The zero-order valence-corrected chi connectivity index (χ0v) is 18.7. The van der Waals surface area contributed by atoms with Crippen LogP contribution in [0.1, 0.15) is 27.7 Å². The molecular weight excluding hydrogens is 488 g/mol. The van der Waals surface area contributed by atoms with Crippen molar-refractivity contribution in [2.75, 3.05) is 0 Å². The van der Waals surface area contributed by atoms with Crippen LogP contribution in [0.5, 0.6) is 5.75 Å². The molecule has 1 amide bonds. The monoisotopic (exact) mass is 504 g/mol. The third-order valence-corrected chi connectivity index (χ3v) is 6.05. The number of aromatic hydroxyl groups is 1. The molecule has 2 aromatic heterocycles. The number of aliphatic hydroxyl groups is 1. The molecular formula is C25H17BrN2O5. The first kappa shape index (κ1) is 21.0. The minimum Gasteiger partial charge on any atom is -0.508 e. The normalized spacial score (nSPS) is 16.1. The maximum atomic E-state index is 13.5. The highest BCUT2D eigenvalue weighted by molar-refractivity contribution is 9.10. The minimum atomic E-state index is -0.862. The van der Waals surface area contributed by atoms with Crippen molar-refractivity contribution < 1.29 is 24.2 Å². The van der Waals surface area contributed by atoms with Gasteiger partial charge in [0.25, 0.3) is 5.91 Å². The summed E-state index contributed by atoms with van der Waals surface area (Å²) < 4.78 is 6.58. The van der Waals surface area contributed by atoms with Crippen molar-refractivity contribution in [1.29, 1.82) is 0 Å². The van der Waals surface area contributed by atoms with E-state index in [2.05, 4.69) is 20.9 Å². The van der Waals surface area contributed by atoms with Crippen LogP contribution in [-0.4, -0.2) is 31.8 Å². The number of furan rings is 1. The number of ketones is 1. The molecule has 33 heavy (non-hydrogen) atoms. The predicted molar refractivity (Wildman–Crippen MR) is 124 cm³/mol. The van der Waals surface area contributed by atoms with Gasteiger partial charge in [-0.15, -0.1) is 0 Å². The van der Waals surface area contributed by atoms with Gasteiger partial charge in [0.1, 0.15) is 11.3 Å². The van der Waals surface area contributed by atoms with Gasteiger partial charge in [0.2, 0.25) is 5.78 Å². The first-order valence-corrected chi connectivity index (χ1v) is 10.9. The van der Waals surface area contributed by atoms with Gasteiger partial charge in [0.05, 0.1) is 11.6 Å². The van der Waals surface area contributed by atoms with E-state index in [9.17, 15) is 19.8 Å². The number of aromatic nitrogens is 1. The van der Waals surface area contributed by atoms with Crippen LogP contribution in [0.25, 0.3) is 11.0 Å². The van der Waals surface area contributed by atoms with Gasteiger partial charge in [-0.05, 0) is 59.7 Å². The summed E-state index contributed by atoms with van der Waals surface area (Å²) in [5.41, 5.74) is 1.80. The molecule has 0 fully saturated rings. The van der Waals surface area contributed by atoms with Gasteiger partial charge in [-0.3, -0.25) is 14.6 Å². The highest BCUT2D eigenvalue weighted by Crippen LogP contribution is 2.41. The fraction of sp³-hybridized carbons (Fsp3) is 0.0800. The highest BCUT2D eigenvalue weighted by atomic mass is 79.9. The molecule has 0 aliphatic carbocycles. The van der Waals surface area contributed by atoms with Crippen LogP contribution < -0.4 is 0 Å². The Morgan fingerprint density at radius 3 is 2.48 bits per heavy atom. The van der Waals surface area contributed by atoms with Crippen molar-refractivity contribution in [1.82, 2.24) is 9.88 Å². The summed E-state index contributed by atoms with van der Waals surface area (Å²) >= 11 is 3.40. The van der Waals surface area contributed by atoms with E-state index in [1.54, 1.807) is 54.9 Å². The lowest BCUT2D eigenvalue weighted by Gasteiger charge is -2.26. The van der Waals surface area contributed by atoms with Gasteiger partial charge >= 0.3 is 0 Å². The van der Waals surface area contributed by atoms with Gasteiger partial charge < -0.3 is 19.5 Å². The van der Waals surface area contributed by atoms with E-state index in [-0.39, 0.29) is 23.6 Å². The number of hydrogen-bond donors (Lipinski definition) is 2. The lowest BCUT2D eigenvalue weighted by Crippen LogP contribution is -2.30. The van der Waals surface area contributed by atoms with E-state index < -0.39 is 23.5 Å². The van der Waals surface area contributed by atoms with E-state index >= 15 is 0 Å². The van der Waals surface area contributed by atoms with E-state index in [4.69, 9.17) is 4.42 Å². The number of rotatable bonds is 5. The number of aliphatic hydroxyl groups excluding tert-OH is 1. The second kappa shape index (κ2) is 8.22. The molecule has 1 aliphatic rings. The van der Waals surface area contributed by atoms with Crippen LogP contribution in [0.3, 0.4) is 0 Å². The topological polar surface area (TPSA) is 104 Å². The molecule has 2 N–H and O–H groups in total. The number of amides is 1. The largest absolute Gasteiger partial charge is 0.508 e. The van der Waals surface area contributed by atoms with Crippen LogP contribution in [0, 0.1) is 0 Å². The molecule has 0 bridgehead atoms. The number of carbonyl (C=O) groups is 2. The fourth-order valence-electron chi connectivity index (χ4n) is 4.00. The van der Waals surface area contributed by atoms with Crippen molar-refractivity contribution in [3.63, 3.8) is 0 Å². The first-order valence-electron chi connectivity index (χ1n) is 10.1. The van der Waals surface area contributed by atoms with Gasteiger partial charge in [-0.25, -0.2) is 0 Å². The maximum absolute atomic E-state index is 13.5. The second-order valence-corrected chi connectivity index (χ2v) is 8.58. The number of nitrogens with zero attached hydrogens (tertiary/aromatic N) is 2. The fourth-order valence-corrected chi connectivity index (χ4v) is 4.37. The molecule has 0 radical (unpaired) electrons. The average molecular weight is 505 g/mol. The number of Topliss-reactive ketones (excluding diaryl/α,β-unsaturated/α-hetero) is 1. The van der Waals surface area contributed by atoms with Crippen molar-refractivity contribution in [3.05, 3.63) is 106 Å². The molecule has 1 unspecified atom stereocenters. The molecule has 2 aromatic carbocycles. The summed E-state index contributed by atoms with van der Waals surface area (Å²) in [4.78, 5) is 32.0. The second-order valence-electron chi connectivity index (χ2n) is 7.67. The van der Waals surface area contributed by atoms with Crippen molar-refractivity contribution in [2.24, 2.45) is 0 Å². The average Bonchev–Trinajstić information content (AvgIpc) is 3.34. The number of carbonyl (C=O) groups excluding carboxylic acids is 2. The summed E-state index contributed by atoms with van der Waals surface area (Å²) in [5, 5.41) is 21.2. The molecule has 0 spiro atoms. The molecule has 0 saturated heterocycles. The third-order valence-electron chi connectivity index (χ3n) is 5.56. The zero-order valence-electron chi connectivity index (χ0n) is 17.1. The number of hydrogen-bond acceptors (Lipinski definition) is 6. The number of phenols is 1. The van der Waals surface area contributed by atoms with Crippen LogP contribution in [0.15, 0.2) is 93.3 Å². The molecule has 4 aromatic rings. The molecule has 7 nitrogen and oxygen atoms in total. The van der Waals surface area contributed by atoms with Crippen molar-refractivity contribution in [2.45, 2.75) is 12.6 Å². The summed E-state index contributed by atoms with van der Waals surface area (Å²) in [7, 11) is 0. The zero-order chi connectivity index (χ0) is 23.1. The molecule has 0 saturated carbocycles. The van der Waals surface area contributed by atoms with Crippen LogP contribution >= 0.6 is 15.9 Å². The minimum absolute atomic E-state index is 0.0204. The van der Waals surface area contributed by atoms with Crippen LogP contribution in [0.2, 0.25) is 0 Å². The standard InChI is InChI=1S/C25H17BrN2O5/c26-17-3-6-19-16(11-17)12-20(33-19)23(30)21-22(15-1-4-18(29)5-2-15)28(25(32)24(21)31)13-14-7-9-27-10-8-14/h1-12,22,29,31H,13H2. The number of phenolic OH excluding ortho intramolecular Hbond substituents is 1. The molecule has 1 atom stereocenters. The van der Waals surface area contributed by atoms with Crippen molar-refractivity contribution >= 4 is 38.6 Å². The maximum Gasteiger partial charge on any atom is 0.290 e. The smallest absolute Gasteiger partial charge is 0.290 e. The van der Waals surface area contributed by atoms with E-state index in [0.717, 1.165) is 10.0 Å². The number of benzene rings is 2. The van der Waals surface area contributed by atoms with E-state index in [1.165, 1.54) is 17.0 Å². The van der Waals surface area contributed by atoms with E-state index in [0.29, 0.717) is 16.5 Å². The summed E-state index contributed by atoms with van der Waals surface area (Å²) in [5.74, 6) is -1.79. The molecule has 8 heteroatoms. The summed E-state index contributed by atoms with van der Waals surface area (Å²) in [6.07, 6.45) is 3.22. The van der Waals surface area contributed by atoms with Gasteiger partial charge in [0, 0.05) is 28.8 Å². The number of halogens is 1. The Morgan fingerprint density at radius 2 is 1.76 bits per heavy atom. The number of pyridine rings is 1.